The number of amides is 2. The van der Waals surface area contributed by atoms with Gasteiger partial charge in [0.15, 0.2) is 0 Å². The third-order valence-corrected chi connectivity index (χ3v) is 3.52. The van der Waals surface area contributed by atoms with Crippen molar-refractivity contribution in [3.05, 3.63) is 29.8 Å². The Balaban J connectivity index is 1.98. The molecular weight excluding hydrogens is 240 g/mol. The van der Waals surface area contributed by atoms with Gasteiger partial charge in [-0.05, 0) is 37.5 Å². The Morgan fingerprint density at radius 3 is 2.84 bits per heavy atom. The molecule has 0 radical (unpaired) electrons. The third kappa shape index (κ3) is 3.56. The monoisotopic (exact) mass is 260 g/mol. The van der Waals surface area contributed by atoms with Crippen LogP contribution in [0.4, 0.5) is 5.69 Å². The molecule has 1 heterocycles. The van der Waals surface area contributed by atoms with Crippen LogP contribution < -0.4 is 5.32 Å². The highest BCUT2D eigenvalue weighted by Gasteiger charge is 2.26. The van der Waals surface area contributed by atoms with Crippen molar-refractivity contribution < 1.29 is 9.59 Å². The van der Waals surface area contributed by atoms with Gasteiger partial charge in [0.2, 0.25) is 11.8 Å². The predicted octanol–water partition coefficient (Wildman–Crippen LogP) is 2.19. The van der Waals surface area contributed by atoms with Crippen molar-refractivity contribution in [1.82, 2.24) is 4.90 Å². The molecule has 1 aliphatic heterocycles. The van der Waals surface area contributed by atoms with Crippen LogP contribution in [0.1, 0.15) is 25.3 Å². The highest BCUT2D eigenvalue weighted by Crippen LogP contribution is 2.19. The van der Waals surface area contributed by atoms with Gasteiger partial charge in [0.1, 0.15) is 0 Å². The number of nitrogens with zero attached hydrogens (tertiary/aromatic N) is 1. The van der Waals surface area contributed by atoms with Crippen LogP contribution in [-0.4, -0.2) is 29.8 Å². The lowest BCUT2D eigenvalue weighted by atomic mass is 9.97. The Bertz CT molecular complexity index is 485. The minimum absolute atomic E-state index is 0.0107. The molecular formula is C15H20N2O2. The summed E-state index contributed by atoms with van der Waals surface area (Å²) in [5.41, 5.74) is 1.94. The number of likely N-dealkylation sites (tertiary alicyclic amines) is 1. The number of hydrogen-bond acceptors (Lipinski definition) is 2. The lowest BCUT2D eigenvalue weighted by Crippen LogP contribution is -2.42. The number of benzene rings is 1. The van der Waals surface area contributed by atoms with E-state index in [1.807, 2.05) is 31.2 Å². The second kappa shape index (κ2) is 5.87. The van der Waals surface area contributed by atoms with Gasteiger partial charge < -0.3 is 10.2 Å². The molecule has 1 N–H and O–H groups in total. The van der Waals surface area contributed by atoms with E-state index in [2.05, 4.69) is 5.32 Å². The van der Waals surface area contributed by atoms with Crippen molar-refractivity contribution in [2.75, 3.05) is 18.4 Å². The van der Waals surface area contributed by atoms with Crippen LogP contribution in [0.15, 0.2) is 24.3 Å². The normalized spacial score (nSPS) is 19.1. The van der Waals surface area contributed by atoms with Gasteiger partial charge in [-0.15, -0.1) is 0 Å². The SMILES string of the molecule is CC(=O)N1CCCC(C(=O)Nc2cccc(C)c2)C1. The number of carbonyl (C=O) groups excluding carboxylic acids is 2. The summed E-state index contributed by atoms with van der Waals surface area (Å²) in [5, 5.41) is 2.94. The number of carbonyl (C=O) groups is 2. The molecule has 4 nitrogen and oxygen atoms in total. The minimum atomic E-state index is -0.0989. The largest absolute Gasteiger partial charge is 0.342 e. The molecule has 1 unspecified atom stereocenters. The topological polar surface area (TPSA) is 49.4 Å². The van der Waals surface area contributed by atoms with Crippen LogP contribution in [-0.2, 0) is 9.59 Å². The molecule has 0 saturated carbocycles. The Morgan fingerprint density at radius 2 is 2.16 bits per heavy atom. The first-order valence-corrected chi connectivity index (χ1v) is 6.69. The summed E-state index contributed by atoms with van der Waals surface area (Å²) in [5.74, 6) is -0.0391. The van der Waals surface area contributed by atoms with Gasteiger partial charge in [0.05, 0.1) is 5.92 Å². The number of rotatable bonds is 2. The minimum Gasteiger partial charge on any atom is -0.342 e. The van der Waals surface area contributed by atoms with Gasteiger partial charge in [-0.25, -0.2) is 0 Å². The lowest BCUT2D eigenvalue weighted by Gasteiger charge is -2.31. The predicted molar refractivity (Wildman–Crippen MR) is 74.8 cm³/mol. The van der Waals surface area contributed by atoms with Gasteiger partial charge in [-0.3, -0.25) is 9.59 Å². The molecule has 2 amide bonds. The molecule has 0 aromatic heterocycles. The maximum absolute atomic E-state index is 12.2. The summed E-state index contributed by atoms with van der Waals surface area (Å²) in [7, 11) is 0. The first kappa shape index (κ1) is 13.6. The molecule has 1 aromatic rings. The van der Waals surface area contributed by atoms with Gasteiger partial charge in [0, 0.05) is 25.7 Å². The number of aryl methyl sites for hydroxylation is 1. The molecule has 1 fully saturated rings. The van der Waals surface area contributed by atoms with Gasteiger partial charge in [-0.2, -0.15) is 0 Å². The van der Waals surface area contributed by atoms with Crippen LogP contribution in [0.25, 0.3) is 0 Å². The van der Waals surface area contributed by atoms with E-state index in [1.54, 1.807) is 11.8 Å². The highest BCUT2D eigenvalue weighted by molar-refractivity contribution is 5.93. The molecule has 1 aromatic carbocycles. The summed E-state index contributed by atoms with van der Waals surface area (Å²) >= 11 is 0. The van der Waals surface area contributed by atoms with Crippen LogP contribution in [0, 0.1) is 12.8 Å². The Hall–Kier alpha value is -1.84. The van der Waals surface area contributed by atoms with Gasteiger partial charge in [-0.1, -0.05) is 12.1 Å². The molecule has 102 valence electrons. The quantitative estimate of drug-likeness (QED) is 0.886. The van der Waals surface area contributed by atoms with E-state index >= 15 is 0 Å². The fourth-order valence-corrected chi connectivity index (χ4v) is 2.44. The Labute approximate surface area is 113 Å². The summed E-state index contributed by atoms with van der Waals surface area (Å²) < 4.78 is 0. The average Bonchev–Trinajstić information content (AvgIpc) is 2.39. The van der Waals surface area contributed by atoms with Crippen LogP contribution in [0.5, 0.6) is 0 Å². The maximum Gasteiger partial charge on any atom is 0.229 e. The zero-order valence-corrected chi connectivity index (χ0v) is 11.5. The number of anilines is 1. The second-order valence-electron chi connectivity index (χ2n) is 5.16. The van der Waals surface area contributed by atoms with Gasteiger partial charge >= 0.3 is 0 Å². The van der Waals surface area contributed by atoms with Gasteiger partial charge in [0.25, 0.3) is 0 Å². The molecule has 0 spiro atoms. The summed E-state index contributed by atoms with van der Waals surface area (Å²) in [6.07, 6.45) is 1.74. The molecule has 1 saturated heterocycles. The van der Waals surface area contributed by atoms with E-state index in [0.29, 0.717) is 6.54 Å². The first-order valence-electron chi connectivity index (χ1n) is 6.69. The number of hydrogen-bond donors (Lipinski definition) is 1. The van der Waals surface area contributed by atoms with E-state index in [-0.39, 0.29) is 17.7 Å². The van der Waals surface area contributed by atoms with Crippen LogP contribution in [0.3, 0.4) is 0 Å². The van der Waals surface area contributed by atoms with Crippen molar-refractivity contribution in [2.24, 2.45) is 5.92 Å². The number of piperidine rings is 1. The smallest absolute Gasteiger partial charge is 0.229 e. The lowest BCUT2D eigenvalue weighted by molar-refractivity contribution is -0.132. The summed E-state index contributed by atoms with van der Waals surface area (Å²) in [6.45, 7) is 4.85. The Kier molecular flexibility index (Phi) is 4.20. The summed E-state index contributed by atoms with van der Waals surface area (Å²) in [6, 6.07) is 7.75. The average molecular weight is 260 g/mol. The zero-order chi connectivity index (χ0) is 13.8. The molecule has 1 aliphatic rings. The first-order chi connectivity index (χ1) is 9.06. The van der Waals surface area contributed by atoms with E-state index in [0.717, 1.165) is 30.6 Å². The molecule has 1 atom stereocenters. The fraction of sp³-hybridized carbons (Fsp3) is 0.467. The highest BCUT2D eigenvalue weighted by atomic mass is 16.2. The molecule has 0 bridgehead atoms. The fourth-order valence-electron chi connectivity index (χ4n) is 2.44. The van der Waals surface area contributed by atoms with Crippen LogP contribution in [0.2, 0.25) is 0 Å². The van der Waals surface area contributed by atoms with E-state index in [4.69, 9.17) is 0 Å². The summed E-state index contributed by atoms with van der Waals surface area (Å²) in [4.78, 5) is 25.3. The van der Waals surface area contributed by atoms with E-state index in [1.165, 1.54) is 0 Å². The Morgan fingerprint density at radius 1 is 1.37 bits per heavy atom. The second-order valence-corrected chi connectivity index (χ2v) is 5.16. The molecule has 2 rings (SSSR count). The maximum atomic E-state index is 12.2. The van der Waals surface area contributed by atoms with Crippen LogP contribution >= 0.6 is 0 Å². The third-order valence-electron chi connectivity index (χ3n) is 3.52. The standard InChI is InChI=1S/C15H20N2O2/c1-11-5-3-7-14(9-11)16-15(19)13-6-4-8-17(10-13)12(2)18/h3,5,7,9,13H,4,6,8,10H2,1-2H3,(H,16,19). The molecule has 19 heavy (non-hydrogen) atoms. The van der Waals surface area contributed by atoms with E-state index in [9.17, 15) is 9.59 Å². The molecule has 4 heteroatoms. The van der Waals surface area contributed by atoms with Crippen molar-refractivity contribution in [3.8, 4) is 0 Å². The molecule has 0 aliphatic carbocycles. The number of nitrogens with one attached hydrogen (secondary N) is 1. The zero-order valence-electron chi connectivity index (χ0n) is 11.5. The van der Waals surface area contributed by atoms with Crippen molar-refractivity contribution in [1.29, 1.82) is 0 Å². The van der Waals surface area contributed by atoms with Crippen molar-refractivity contribution >= 4 is 17.5 Å². The van der Waals surface area contributed by atoms with Crippen molar-refractivity contribution in [2.45, 2.75) is 26.7 Å². The van der Waals surface area contributed by atoms with Crippen molar-refractivity contribution in [3.63, 3.8) is 0 Å². The van der Waals surface area contributed by atoms with E-state index < -0.39 is 0 Å².